The van der Waals surface area contributed by atoms with Crippen LogP contribution in [0.2, 0.25) is 0 Å². The van der Waals surface area contributed by atoms with Crippen molar-refractivity contribution in [3.63, 3.8) is 0 Å². The van der Waals surface area contributed by atoms with Gasteiger partial charge in [-0.15, -0.1) is 0 Å². The number of nitro groups is 1. The number of nitrogens with zero attached hydrogens (tertiary/aromatic N) is 3. The molecule has 3 heterocycles. The molecule has 4 rings (SSSR count). The fourth-order valence-corrected chi connectivity index (χ4v) is 4.23. The number of hydrogen-bond donors (Lipinski definition) is 1. The minimum Gasteiger partial charge on any atom is -0.376 e. The molecular formula is C17H20N4O2. The van der Waals surface area contributed by atoms with E-state index in [0.29, 0.717) is 16.6 Å². The van der Waals surface area contributed by atoms with Crippen molar-refractivity contribution in [1.82, 2.24) is 9.88 Å². The molecule has 2 aliphatic rings. The Hall–Kier alpha value is -2.21. The zero-order valence-electron chi connectivity index (χ0n) is 13.0. The molecule has 0 amide bonds. The first-order valence-electron chi connectivity index (χ1n) is 8.21. The van der Waals surface area contributed by atoms with E-state index in [-0.39, 0.29) is 16.1 Å². The number of aromatic nitrogens is 1. The van der Waals surface area contributed by atoms with Crippen LogP contribution in [0, 0.1) is 10.1 Å². The summed E-state index contributed by atoms with van der Waals surface area (Å²) < 4.78 is 0. The first-order chi connectivity index (χ1) is 11.2. The van der Waals surface area contributed by atoms with Crippen LogP contribution < -0.4 is 5.32 Å². The smallest absolute Gasteiger partial charge is 0.303 e. The van der Waals surface area contributed by atoms with Crippen LogP contribution in [0.25, 0.3) is 10.9 Å². The summed E-state index contributed by atoms with van der Waals surface area (Å²) in [6.45, 7) is 3.06. The molecule has 2 aromatic rings. The van der Waals surface area contributed by atoms with E-state index in [1.165, 1.54) is 25.7 Å². The summed E-state index contributed by atoms with van der Waals surface area (Å²) in [5.74, 6) is 0. The second-order valence-electron chi connectivity index (χ2n) is 6.57. The van der Waals surface area contributed by atoms with Crippen LogP contribution in [0.15, 0.2) is 30.5 Å². The largest absolute Gasteiger partial charge is 0.376 e. The number of rotatable bonds is 4. The summed E-state index contributed by atoms with van der Waals surface area (Å²) >= 11 is 0. The van der Waals surface area contributed by atoms with E-state index in [4.69, 9.17) is 0 Å². The second kappa shape index (κ2) is 5.45. The lowest BCUT2D eigenvalue weighted by Gasteiger charge is -2.32. The molecule has 0 bridgehead atoms. The van der Waals surface area contributed by atoms with Gasteiger partial charge in [-0.05, 0) is 50.9 Å². The molecule has 0 spiro atoms. The minimum atomic E-state index is -0.301. The van der Waals surface area contributed by atoms with Crippen molar-refractivity contribution in [2.45, 2.75) is 31.2 Å². The van der Waals surface area contributed by atoms with Crippen molar-refractivity contribution in [2.24, 2.45) is 0 Å². The first-order valence-corrected chi connectivity index (χ1v) is 8.21. The van der Waals surface area contributed by atoms with Gasteiger partial charge in [0, 0.05) is 12.1 Å². The van der Waals surface area contributed by atoms with Crippen LogP contribution in [0.4, 0.5) is 11.4 Å². The Kier molecular flexibility index (Phi) is 3.41. The Morgan fingerprint density at radius 3 is 2.74 bits per heavy atom. The summed E-state index contributed by atoms with van der Waals surface area (Å²) in [6, 6.07) is 7.23. The molecule has 2 saturated heterocycles. The van der Waals surface area contributed by atoms with E-state index < -0.39 is 0 Å². The van der Waals surface area contributed by atoms with Gasteiger partial charge in [0.1, 0.15) is 5.69 Å². The van der Waals surface area contributed by atoms with Gasteiger partial charge in [0.05, 0.1) is 22.0 Å². The zero-order valence-corrected chi connectivity index (χ0v) is 13.0. The topological polar surface area (TPSA) is 71.3 Å². The van der Waals surface area contributed by atoms with E-state index in [1.807, 2.05) is 12.1 Å². The number of pyridine rings is 1. The van der Waals surface area contributed by atoms with Crippen LogP contribution >= 0.6 is 0 Å². The number of hydrogen-bond acceptors (Lipinski definition) is 5. The molecule has 0 aliphatic carbocycles. The van der Waals surface area contributed by atoms with Gasteiger partial charge in [-0.3, -0.25) is 20.0 Å². The number of nitrogens with one attached hydrogen (secondary N) is 1. The average Bonchev–Trinajstić information content (AvgIpc) is 3.12. The molecule has 0 saturated carbocycles. The SMILES string of the molecule is O=[N+]([O-])c1c(NCC23CCCN2CCC3)cnc2ccccc12. The van der Waals surface area contributed by atoms with Gasteiger partial charge in [0.15, 0.2) is 0 Å². The van der Waals surface area contributed by atoms with Crippen molar-refractivity contribution in [2.75, 3.05) is 25.0 Å². The molecule has 1 aromatic carbocycles. The molecule has 23 heavy (non-hydrogen) atoms. The molecular weight excluding hydrogens is 292 g/mol. The Bertz CT molecular complexity index is 751. The zero-order chi connectivity index (χ0) is 15.9. The van der Waals surface area contributed by atoms with E-state index in [0.717, 1.165) is 19.6 Å². The lowest BCUT2D eigenvalue weighted by atomic mass is 9.94. The van der Waals surface area contributed by atoms with Gasteiger partial charge < -0.3 is 5.32 Å². The molecule has 120 valence electrons. The average molecular weight is 312 g/mol. The molecule has 2 fully saturated rings. The van der Waals surface area contributed by atoms with Crippen LogP contribution in [-0.2, 0) is 0 Å². The quantitative estimate of drug-likeness (QED) is 0.693. The highest BCUT2D eigenvalue weighted by Crippen LogP contribution is 2.40. The van der Waals surface area contributed by atoms with E-state index >= 15 is 0 Å². The third kappa shape index (κ3) is 2.34. The fourth-order valence-electron chi connectivity index (χ4n) is 4.23. The van der Waals surface area contributed by atoms with Crippen LogP contribution in [0.3, 0.4) is 0 Å². The maximum Gasteiger partial charge on any atom is 0.303 e. The number of anilines is 1. The molecule has 2 aliphatic heterocycles. The Morgan fingerprint density at radius 1 is 1.26 bits per heavy atom. The van der Waals surface area contributed by atoms with E-state index in [9.17, 15) is 10.1 Å². The maximum atomic E-state index is 11.6. The van der Waals surface area contributed by atoms with Crippen molar-refractivity contribution in [3.05, 3.63) is 40.6 Å². The maximum absolute atomic E-state index is 11.6. The van der Waals surface area contributed by atoms with Gasteiger partial charge in [0.25, 0.3) is 0 Å². The van der Waals surface area contributed by atoms with Gasteiger partial charge >= 0.3 is 5.69 Å². The second-order valence-corrected chi connectivity index (χ2v) is 6.57. The Balaban J connectivity index is 1.66. The molecule has 0 radical (unpaired) electrons. The highest BCUT2D eigenvalue weighted by Gasteiger charge is 2.44. The number of benzene rings is 1. The molecule has 0 unspecified atom stereocenters. The molecule has 6 heteroatoms. The van der Waals surface area contributed by atoms with Crippen molar-refractivity contribution in [3.8, 4) is 0 Å². The van der Waals surface area contributed by atoms with Crippen molar-refractivity contribution < 1.29 is 4.92 Å². The molecule has 1 aromatic heterocycles. The summed E-state index contributed by atoms with van der Waals surface area (Å²) in [6.07, 6.45) is 6.40. The summed E-state index contributed by atoms with van der Waals surface area (Å²) in [5.41, 5.74) is 1.50. The minimum absolute atomic E-state index is 0.134. The van der Waals surface area contributed by atoms with E-state index in [2.05, 4.69) is 15.2 Å². The first kappa shape index (κ1) is 14.4. The number of para-hydroxylation sites is 1. The van der Waals surface area contributed by atoms with Crippen molar-refractivity contribution in [1.29, 1.82) is 0 Å². The third-order valence-electron chi connectivity index (χ3n) is 5.35. The summed E-state index contributed by atoms with van der Waals surface area (Å²) in [4.78, 5) is 18.2. The van der Waals surface area contributed by atoms with Gasteiger partial charge in [0.2, 0.25) is 0 Å². The standard InChI is InChI=1S/C17H20N4O2/c22-21(23)16-13-5-1-2-6-14(13)18-11-15(16)19-12-17-7-3-9-20(17)10-4-8-17/h1-2,5-6,11,19H,3-4,7-10,12H2. The predicted octanol–water partition coefficient (Wildman–Crippen LogP) is 3.18. The number of fused-ring (bicyclic) bond motifs is 2. The lowest BCUT2D eigenvalue weighted by Crippen LogP contribution is -2.44. The van der Waals surface area contributed by atoms with Gasteiger partial charge in [-0.1, -0.05) is 12.1 Å². The van der Waals surface area contributed by atoms with Gasteiger partial charge in [-0.25, -0.2) is 0 Å². The monoisotopic (exact) mass is 312 g/mol. The predicted molar refractivity (Wildman–Crippen MR) is 89.7 cm³/mol. The van der Waals surface area contributed by atoms with Crippen molar-refractivity contribution >= 4 is 22.3 Å². The summed E-state index contributed by atoms with van der Waals surface area (Å²) in [7, 11) is 0. The van der Waals surface area contributed by atoms with Crippen LogP contribution in [0.5, 0.6) is 0 Å². The Morgan fingerprint density at radius 2 is 2.00 bits per heavy atom. The third-order valence-corrected chi connectivity index (χ3v) is 5.35. The normalized spacial score (nSPS) is 19.8. The molecule has 1 N–H and O–H groups in total. The van der Waals surface area contributed by atoms with Gasteiger partial charge in [-0.2, -0.15) is 0 Å². The molecule has 6 nitrogen and oxygen atoms in total. The lowest BCUT2D eigenvalue weighted by molar-refractivity contribution is -0.382. The van der Waals surface area contributed by atoms with Crippen LogP contribution in [-0.4, -0.2) is 40.0 Å². The highest BCUT2D eigenvalue weighted by molar-refractivity contribution is 5.93. The highest BCUT2D eigenvalue weighted by atomic mass is 16.6. The van der Waals surface area contributed by atoms with E-state index in [1.54, 1.807) is 18.3 Å². The molecule has 0 atom stereocenters. The van der Waals surface area contributed by atoms with Crippen LogP contribution in [0.1, 0.15) is 25.7 Å². The summed E-state index contributed by atoms with van der Waals surface area (Å²) in [5, 5.41) is 15.5. The fraction of sp³-hybridized carbons (Fsp3) is 0.471. The Labute approximate surface area is 134 Å².